The summed E-state index contributed by atoms with van der Waals surface area (Å²) in [5.74, 6) is 2.66. The van der Waals surface area contributed by atoms with Gasteiger partial charge in [0.1, 0.15) is 0 Å². The highest BCUT2D eigenvalue weighted by Crippen LogP contribution is 2.36. The number of hydrogen-bond donors (Lipinski definition) is 0. The second-order valence-electron chi connectivity index (χ2n) is 6.60. The zero-order valence-corrected chi connectivity index (χ0v) is 12.9. The van der Waals surface area contributed by atoms with Gasteiger partial charge in [-0.3, -0.25) is 0 Å². The molecule has 0 bridgehead atoms. The van der Waals surface area contributed by atoms with Crippen molar-refractivity contribution in [2.24, 2.45) is 11.8 Å². The molecule has 3 rings (SSSR count). The molecule has 0 spiro atoms. The summed E-state index contributed by atoms with van der Waals surface area (Å²) in [5.41, 5.74) is 0. The standard InChI is InChI=1S/C18H26S/c1-14-7-9-15(10-8-14)13-17-11-12-18(19-17)16-5-3-2-4-6-16/h3,5,11-12,14-16H,2,4,6-10,13H2,1H3. The molecule has 1 aromatic rings. The number of hydrogen-bond acceptors (Lipinski definition) is 1. The Morgan fingerprint density at radius 2 is 1.95 bits per heavy atom. The highest BCUT2D eigenvalue weighted by Gasteiger charge is 2.20. The minimum absolute atomic E-state index is 0.721. The molecule has 19 heavy (non-hydrogen) atoms. The van der Waals surface area contributed by atoms with Gasteiger partial charge in [0, 0.05) is 15.7 Å². The van der Waals surface area contributed by atoms with E-state index in [1.807, 2.05) is 0 Å². The van der Waals surface area contributed by atoms with E-state index >= 15 is 0 Å². The molecule has 2 aliphatic rings. The van der Waals surface area contributed by atoms with Crippen LogP contribution in [0.1, 0.15) is 67.5 Å². The number of thiophene rings is 1. The summed E-state index contributed by atoms with van der Waals surface area (Å²) in [6.45, 7) is 2.41. The smallest absolute Gasteiger partial charge is 0.0117 e. The van der Waals surface area contributed by atoms with Crippen molar-refractivity contribution < 1.29 is 0 Å². The van der Waals surface area contributed by atoms with Gasteiger partial charge in [0.25, 0.3) is 0 Å². The highest BCUT2D eigenvalue weighted by molar-refractivity contribution is 7.12. The molecule has 0 nitrogen and oxygen atoms in total. The van der Waals surface area contributed by atoms with Crippen LogP contribution in [0.5, 0.6) is 0 Å². The van der Waals surface area contributed by atoms with Crippen molar-refractivity contribution in [1.29, 1.82) is 0 Å². The average molecular weight is 274 g/mol. The predicted octanol–water partition coefficient (Wildman–Crippen LogP) is 5.94. The Labute approximate surface area is 121 Å². The fraction of sp³-hybridized carbons (Fsp3) is 0.667. The maximum Gasteiger partial charge on any atom is 0.0117 e. The second-order valence-corrected chi connectivity index (χ2v) is 7.80. The van der Waals surface area contributed by atoms with Crippen molar-refractivity contribution in [3.05, 3.63) is 34.0 Å². The maximum atomic E-state index is 2.43. The Morgan fingerprint density at radius 1 is 1.11 bits per heavy atom. The Bertz CT molecular complexity index is 421. The molecule has 0 amide bonds. The SMILES string of the molecule is CC1CCC(Cc2ccc(C3C=CCCC3)s2)CC1. The molecule has 0 saturated heterocycles. The summed E-state index contributed by atoms with van der Waals surface area (Å²) >= 11 is 2.08. The van der Waals surface area contributed by atoms with E-state index in [0.29, 0.717) is 0 Å². The maximum absolute atomic E-state index is 2.43. The van der Waals surface area contributed by atoms with Crippen molar-refractivity contribution in [3.8, 4) is 0 Å². The lowest BCUT2D eigenvalue weighted by Crippen LogP contribution is -2.13. The fourth-order valence-corrected chi connectivity index (χ4v) is 4.81. The van der Waals surface area contributed by atoms with E-state index in [4.69, 9.17) is 0 Å². The molecule has 1 fully saturated rings. The first kappa shape index (κ1) is 13.4. The van der Waals surface area contributed by atoms with Crippen molar-refractivity contribution in [2.75, 3.05) is 0 Å². The first-order chi connectivity index (χ1) is 9.31. The third-order valence-corrected chi connectivity index (χ3v) is 6.17. The molecule has 0 aliphatic heterocycles. The van der Waals surface area contributed by atoms with E-state index in [9.17, 15) is 0 Å². The van der Waals surface area contributed by atoms with Gasteiger partial charge in [-0.15, -0.1) is 11.3 Å². The summed E-state index contributed by atoms with van der Waals surface area (Å²) in [7, 11) is 0. The van der Waals surface area contributed by atoms with Crippen molar-refractivity contribution in [3.63, 3.8) is 0 Å². The van der Waals surface area contributed by atoms with Crippen LogP contribution in [-0.2, 0) is 6.42 Å². The monoisotopic (exact) mass is 274 g/mol. The number of allylic oxidation sites excluding steroid dienone is 2. The van der Waals surface area contributed by atoms with Gasteiger partial charge >= 0.3 is 0 Å². The van der Waals surface area contributed by atoms with Crippen molar-refractivity contribution in [1.82, 2.24) is 0 Å². The van der Waals surface area contributed by atoms with Crippen molar-refractivity contribution >= 4 is 11.3 Å². The topological polar surface area (TPSA) is 0 Å². The summed E-state index contributed by atoms with van der Waals surface area (Å²) in [6.07, 6.45) is 16.0. The summed E-state index contributed by atoms with van der Waals surface area (Å²) in [6, 6.07) is 4.80. The van der Waals surface area contributed by atoms with Crippen LogP contribution in [0.4, 0.5) is 0 Å². The summed E-state index contributed by atoms with van der Waals surface area (Å²) in [5, 5.41) is 0. The third kappa shape index (κ3) is 3.51. The summed E-state index contributed by atoms with van der Waals surface area (Å²) < 4.78 is 0. The quantitative estimate of drug-likeness (QED) is 0.598. The van der Waals surface area contributed by atoms with E-state index in [-0.39, 0.29) is 0 Å². The molecule has 1 atom stereocenters. The van der Waals surface area contributed by atoms with Crippen LogP contribution in [0, 0.1) is 11.8 Å². The van der Waals surface area contributed by atoms with Crippen LogP contribution >= 0.6 is 11.3 Å². The van der Waals surface area contributed by atoms with Crippen LogP contribution in [0.2, 0.25) is 0 Å². The van der Waals surface area contributed by atoms with E-state index in [1.54, 1.807) is 9.75 Å². The van der Waals surface area contributed by atoms with E-state index in [0.717, 1.165) is 17.8 Å². The molecule has 1 aromatic heterocycles. The van der Waals surface area contributed by atoms with Gasteiger partial charge in [0.15, 0.2) is 0 Å². The van der Waals surface area contributed by atoms with Crippen molar-refractivity contribution in [2.45, 2.75) is 64.2 Å². The van der Waals surface area contributed by atoms with E-state index < -0.39 is 0 Å². The zero-order valence-electron chi connectivity index (χ0n) is 12.1. The first-order valence-electron chi connectivity index (χ1n) is 8.06. The molecule has 2 aliphatic carbocycles. The summed E-state index contributed by atoms with van der Waals surface area (Å²) in [4.78, 5) is 3.24. The molecule has 1 heteroatoms. The fourth-order valence-electron chi connectivity index (χ4n) is 3.57. The van der Waals surface area contributed by atoms with Crippen LogP contribution in [-0.4, -0.2) is 0 Å². The molecule has 1 unspecified atom stereocenters. The Hall–Kier alpha value is -0.560. The molecular weight excluding hydrogens is 248 g/mol. The largest absolute Gasteiger partial charge is 0.145 e. The molecule has 104 valence electrons. The van der Waals surface area contributed by atoms with Gasteiger partial charge in [-0.1, -0.05) is 31.9 Å². The highest BCUT2D eigenvalue weighted by atomic mass is 32.1. The Balaban J connectivity index is 1.58. The molecular formula is C18H26S. The van der Waals surface area contributed by atoms with Crippen LogP contribution in [0.3, 0.4) is 0 Å². The van der Waals surface area contributed by atoms with Gasteiger partial charge in [-0.05, 0) is 62.5 Å². The van der Waals surface area contributed by atoms with E-state index in [1.165, 1.54) is 51.4 Å². The van der Waals surface area contributed by atoms with Crippen LogP contribution in [0.15, 0.2) is 24.3 Å². The minimum Gasteiger partial charge on any atom is -0.145 e. The van der Waals surface area contributed by atoms with Crippen LogP contribution in [0.25, 0.3) is 0 Å². The lowest BCUT2D eigenvalue weighted by molar-refractivity contribution is 0.290. The van der Waals surface area contributed by atoms with Gasteiger partial charge in [0.05, 0.1) is 0 Å². The Kier molecular flexibility index (Phi) is 4.42. The molecule has 0 N–H and O–H groups in total. The molecule has 1 saturated carbocycles. The minimum atomic E-state index is 0.721. The first-order valence-corrected chi connectivity index (χ1v) is 8.88. The Morgan fingerprint density at radius 3 is 2.68 bits per heavy atom. The predicted molar refractivity (Wildman–Crippen MR) is 84.9 cm³/mol. The number of rotatable bonds is 3. The van der Waals surface area contributed by atoms with Gasteiger partial charge in [-0.25, -0.2) is 0 Å². The zero-order chi connectivity index (χ0) is 13.1. The molecule has 1 heterocycles. The lowest BCUT2D eigenvalue weighted by Gasteiger charge is -2.25. The average Bonchev–Trinajstić information content (AvgIpc) is 2.91. The normalized spacial score (nSPS) is 31.5. The van der Waals surface area contributed by atoms with Gasteiger partial charge in [0.2, 0.25) is 0 Å². The third-order valence-electron chi connectivity index (χ3n) is 4.93. The molecule has 0 aromatic carbocycles. The van der Waals surface area contributed by atoms with Gasteiger partial charge < -0.3 is 0 Å². The van der Waals surface area contributed by atoms with Crippen LogP contribution < -0.4 is 0 Å². The second kappa shape index (κ2) is 6.26. The van der Waals surface area contributed by atoms with E-state index in [2.05, 4.69) is 42.5 Å². The molecule has 0 radical (unpaired) electrons. The van der Waals surface area contributed by atoms with Gasteiger partial charge in [-0.2, -0.15) is 0 Å². The lowest BCUT2D eigenvalue weighted by atomic mass is 9.81.